The number of aromatic nitrogens is 2. The van der Waals surface area contributed by atoms with Gasteiger partial charge in [-0.05, 0) is 36.4 Å². The SMILES string of the molecule is COc1ncccc1COc1ccc(N)c2cccnc12. The molecule has 106 valence electrons. The van der Waals surface area contributed by atoms with Crippen LogP contribution in [0.15, 0.2) is 48.8 Å². The largest absolute Gasteiger partial charge is 0.486 e. The van der Waals surface area contributed by atoms with Gasteiger partial charge in [0.15, 0.2) is 0 Å². The molecule has 0 saturated heterocycles. The summed E-state index contributed by atoms with van der Waals surface area (Å²) in [6.45, 7) is 0.354. The normalized spacial score (nSPS) is 10.5. The minimum atomic E-state index is 0.354. The molecule has 0 atom stereocenters. The number of benzene rings is 1. The molecular weight excluding hydrogens is 266 g/mol. The highest BCUT2D eigenvalue weighted by atomic mass is 16.5. The average molecular weight is 281 g/mol. The fourth-order valence-electron chi connectivity index (χ4n) is 2.16. The van der Waals surface area contributed by atoms with Crippen LogP contribution in [0.4, 0.5) is 5.69 Å². The molecule has 0 bridgehead atoms. The summed E-state index contributed by atoms with van der Waals surface area (Å²) in [6, 6.07) is 11.2. The summed E-state index contributed by atoms with van der Waals surface area (Å²) in [6.07, 6.45) is 3.40. The summed E-state index contributed by atoms with van der Waals surface area (Å²) in [4.78, 5) is 8.49. The van der Waals surface area contributed by atoms with Crippen LogP contribution >= 0.6 is 0 Å². The smallest absolute Gasteiger partial charge is 0.219 e. The van der Waals surface area contributed by atoms with Crippen LogP contribution in [0.3, 0.4) is 0 Å². The van der Waals surface area contributed by atoms with Crippen molar-refractivity contribution in [1.29, 1.82) is 0 Å². The number of nitrogens with zero attached hydrogens (tertiary/aromatic N) is 2. The molecule has 2 N–H and O–H groups in total. The summed E-state index contributed by atoms with van der Waals surface area (Å²) in [5.41, 5.74) is 8.26. The first-order valence-electron chi connectivity index (χ1n) is 6.53. The average Bonchev–Trinajstić information content (AvgIpc) is 2.55. The van der Waals surface area contributed by atoms with Crippen LogP contribution in [-0.4, -0.2) is 17.1 Å². The Kier molecular flexibility index (Phi) is 3.55. The highest BCUT2D eigenvalue weighted by Gasteiger charge is 2.08. The van der Waals surface area contributed by atoms with E-state index in [2.05, 4.69) is 9.97 Å². The fraction of sp³-hybridized carbons (Fsp3) is 0.125. The monoisotopic (exact) mass is 281 g/mol. The van der Waals surface area contributed by atoms with Crippen molar-refractivity contribution < 1.29 is 9.47 Å². The minimum Gasteiger partial charge on any atom is -0.486 e. The van der Waals surface area contributed by atoms with Crippen molar-refractivity contribution in [2.24, 2.45) is 0 Å². The lowest BCUT2D eigenvalue weighted by molar-refractivity contribution is 0.296. The van der Waals surface area contributed by atoms with Crippen LogP contribution in [0.1, 0.15) is 5.56 Å². The number of fused-ring (bicyclic) bond motifs is 1. The molecule has 5 nitrogen and oxygen atoms in total. The molecule has 5 heteroatoms. The summed E-state index contributed by atoms with van der Waals surface area (Å²) in [7, 11) is 1.59. The molecular formula is C16H15N3O2. The van der Waals surface area contributed by atoms with Gasteiger partial charge in [-0.2, -0.15) is 0 Å². The predicted molar refractivity (Wildman–Crippen MR) is 81.3 cm³/mol. The molecule has 0 radical (unpaired) electrons. The van der Waals surface area contributed by atoms with Crippen LogP contribution in [0, 0.1) is 0 Å². The molecule has 2 heterocycles. The van der Waals surface area contributed by atoms with E-state index in [0.717, 1.165) is 16.5 Å². The van der Waals surface area contributed by atoms with Gasteiger partial charge in [0, 0.05) is 23.5 Å². The number of ether oxygens (including phenoxy) is 2. The molecule has 0 amide bonds. The van der Waals surface area contributed by atoms with Gasteiger partial charge in [0.1, 0.15) is 17.9 Å². The van der Waals surface area contributed by atoms with Crippen LogP contribution in [0.5, 0.6) is 11.6 Å². The van der Waals surface area contributed by atoms with Crippen molar-refractivity contribution in [1.82, 2.24) is 9.97 Å². The summed E-state index contributed by atoms with van der Waals surface area (Å²) >= 11 is 0. The Morgan fingerprint density at radius 2 is 1.86 bits per heavy atom. The van der Waals surface area contributed by atoms with Crippen molar-refractivity contribution >= 4 is 16.6 Å². The van der Waals surface area contributed by atoms with Crippen molar-refractivity contribution in [3.63, 3.8) is 0 Å². The summed E-state index contributed by atoms with van der Waals surface area (Å²) < 4.78 is 11.1. The fourth-order valence-corrected chi connectivity index (χ4v) is 2.16. The van der Waals surface area contributed by atoms with Gasteiger partial charge in [-0.1, -0.05) is 0 Å². The third-order valence-corrected chi connectivity index (χ3v) is 3.19. The standard InChI is InChI=1S/C16H15N3O2/c1-20-16-11(4-2-9-19-16)10-21-14-7-6-13(17)12-5-3-8-18-15(12)14/h2-9H,10,17H2,1H3. The van der Waals surface area contributed by atoms with Gasteiger partial charge in [0.25, 0.3) is 0 Å². The zero-order chi connectivity index (χ0) is 14.7. The Labute approximate surface area is 122 Å². The zero-order valence-electron chi connectivity index (χ0n) is 11.6. The first-order chi connectivity index (χ1) is 10.3. The number of hydrogen-bond acceptors (Lipinski definition) is 5. The molecule has 0 spiro atoms. The third kappa shape index (κ3) is 2.58. The minimum absolute atomic E-state index is 0.354. The predicted octanol–water partition coefficient (Wildman–Crippen LogP) is 2.80. The molecule has 3 rings (SSSR count). The van der Waals surface area contributed by atoms with Gasteiger partial charge in [0.05, 0.1) is 12.7 Å². The molecule has 0 aliphatic carbocycles. The Morgan fingerprint density at radius 3 is 2.71 bits per heavy atom. The lowest BCUT2D eigenvalue weighted by Gasteiger charge is -2.11. The second-order valence-electron chi connectivity index (χ2n) is 4.51. The maximum atomic E-state index is 5.95. The van der Waals surface area contributed by atoms with Gasteiger partial charge in [-0.25, -0.2) is 4.98 Å². The van der Waals surface area contributed by atoms with Crippen LogP contribution in [-0.2, 0) is 6.61 Å². The molecule has 0 aliphatic rings. The van der Waals surface area contributed by atoms with E-state index < -0.39 is 0 Å². The van der Waals surface area contributed by atoms with E-state index in [-0.39, 0.29) is 0 Å². The van der Waals surface area contributed by atoms with E-state index in [1.807, 2.05) is 36.4 Å². The zero-order valence-corrected chi connectivity index (χ0v) is 11.6. The number of methoxy groups -OCH3 is 1. The number of nitrogen functional groups attached to an aromatic ring is 1. The van der Waals surface area contributed by atoms with E-state index in [1.165, 1.54) is 0 Å². The first kappa shape index (κ1) is 13.2. The lowest BCUT2D eigenvalue weighted by atomic mass is 10.1. The van der Waals surface area contributed by atoms with Crippen molar-refractivity contribution in [2.75, 3.05) is 12.8 Å². The molecule has 0 aliphatic heterocycles. The van der Waals surface area contributed by atoms with Gasteiger partial charge in [0.2, 0.25) is 5.88 Å². The summed E-state index contributed by atoms with van der Waals surface area (Å²) in [5.74, 6) is 1.25. The van der Waals surface area contributed by atoms with Crippen LogP contribution < -0.4 is 15.2 Å². The second kappa shape index (κ2) is 5.66. The van der Waals surface area contributed by atoms with E-state index in [0.29, 0.717) is 23.9 Å². The molecule has 2 aromatic heterocycles. The number of pyridine rings is 2. The van der Waals surface area contributed by atoms with Crippen LogP contribution in [0.2, 0.25) is 0 Å². The maximum Gasteiger partial charge on any atom is 0.219 e. The molecule has 1 aromatic carbocycles. The highest BCUT2D eigenvalue weighted by Crippen LogP contribution is 2.29. The van der Waals surface area contributed by atoms with E-state index >= 15 is 0 Å². The van der Waals surface area contributed by atoms with Crippen molar-refractivity contribution in [3.05, 3.63) is 54.4 Å². The van der Waals surface area contributed by atoms with Gasteiger partial charge < -0.3 is 15.2 Å². The number of hydrogen-bond donors (Lipinski definition) is 1. The lowest BCUT2D eigenvalue weighted by Crippen LogP contribution is -2.01. The number of nitrogens with two attached hydrogens (primary N) is 1. The van der Waals surface area contributed by atoms with Crippen molar-refractivity contribution in [3.8, 4) is 11.6 Å². The molecule has 3 aromatic rings. The van der Waals surface area contributed by atoms with E-state index in [4.69, 9.17) is 15.2 Å². The maximum absolute atomic E-state index is 5.95. The highest BCUT2D eigenvalue weighted by molar-refractivity contribution is 5.94. The molecule has 0 unspecified atom stereocenters. The topological polar surface area (TPSA) is 70.3 Å². The van der Waals surface area contributed by atoms with E-state index in [9.17, 15) is 0 Å². The molecule has 21 heavy (non-hydrogen) atoms. The Morgan fingerprint density at radius 1 is 1.05 bits per heavy atom. The number of rotatable bonds is 4. The third-order valence-electron chi connectivity index (χ3n) is 3.19. The molecule has 0 saturated carbocycles. The Balaban J connectivity index is 1.91. The Bertz CT molecular complexity index is 774. The van der Waals surface area contributed by atoms with Gasteiger partial charge >= 0.3 is 0 Å². The van der Waals surface area contributed by atoms with Crippen molar-refractivity contribution in [2.45, 2.75) is 6.61 Å². The number of anilines is 1. The quantitative estimate of drug-likeness (QED) is 0.745. The van der Waals surface area contributed by atoms with E-state index in [1.54, 1.807) is 19.5 Å². The first-order valence-corrected chi connectivity index (χ1v) is 6.53. The van der Waals surface area contributed by atoms with Crippen LogP contribution in [0.25, 0.3) is 10.9 Å². The van der Waals surface area contributed by atoms with Gasteiger partial charge in [-0.3, -0.25) is 4.98 Å². The molecule has 0 fully saturated rings. The second-order valence-corrected chi connectivity index (χ2v) is 4.51. The Hall–Kier alpha value is -2.82. The summed E-state index contributed by atoms with van der Waals surface area (Å²) in [5, 5.41) is 0.883. The van der Waals surface area contributed by atoms with Gasteiger partial charge in [-0.15, -0.1) is 0 Å².